The minimum Gasteiger partial charge on any atom is -0.479 e. The van der Waals surface area contributed by atoms with Gasteiger partial charge in [-0.2, -0.15) is 0 Å². The van der Waals surface area contributed by atoms with Gasteiger partial charge < -0.3 is 20.3 Å². The molecule has 0 aromatic heterocycles. The van der Waals surface area contributed by atoms with Gasteiger partial charge in [-0.1, -0.05) is 60.7 Å². The Labute approximate surface area is 139 Å². The van der Waals surface area contributed by atoms with Crippen molar-refractivity contribution >= 4 is 12.1 Å². The Kier molecular flexibility index (Phi) is 6.33. The molecule has 0 saturated heterocycles. The first-order valence-electron chi connectivity index (χ1n) is 7.48. The van der Waals surface area contributed by atoms with Gasteiger partial charge in [-0.25, -0.2) is 9.59 Å². The Morgan fingerprint density at radius 1 is 0.958 bits per heavy atom. The van der Waals surface area contributed by atoms with E-state index in [1.807, 2.05) is 24.3 Å². The first-order valence-corrected chi connectivity index (χ1v) is 7.48. The third kappa shape index (κ3) is 5.40. The van der Waals surface area contributed by atoms with Gasteiger partial charge in [0, 0.05) is 0 Å². The lowest BCUT2D eigenvalue weighted by Gasteiger charge is -2.21. The molecular formula is C18H19NO5. The van der Waals surface area contributed by atoms with Crippen molar-refractivity contribution < 1.29 is 24.5 Å². The van der Waals surface area contributed by atoms with E-state index in [2.05, 4.69) is 5.32 Å². The zero-order chi connectivity index (χ0) is 17.4. The summed E-state index contributed by atoms with van der Waals surface area (Å²) in [5.74, 6) is -1.40. The molecule has 1 amide bonds. The van der Waals surface area contributed by atoms with Gasteiger partial charge in [0.15, 0.2) is 6.10 Å². The highest BCUT2D eigenvalue weighted by Crippen LogP contribution is 2.08. The van der Waals surface area contributed by atoms with Crippen LogP contribution in [0.25, 0.3) is 0 Å². The first kappa shape index (κ1) is 17.5. The molecule has 2 aromatic rings. The van der Waals surface area contributed by atoms with Crippen molar-refractivity contribution in [2.24, 2.45) is 0 Å². The number of hydrogen-bond donors (Lipinski definition) is 3. The Morgan fingerprint density at radius 3 is 2.04 bits per heavy atom. The number of amides is 1. The lowest BCUT2D eigenvalue weighted by molar-refractivity contribution is -0.148. The Balaban J connectivity index is 1.96. The molecule has 0 aliphatic rings. The minimum atomic E-state index is -1.73. The van der Waals surface area contributed by atoms with Gasteiger partial charge in [0.25, 0.3) is 0 Å². The number of aliphatic hydroxyl groups excluding tert-OH is 1. The Bertz CT molecular complexity index is 660. The van der Waals surface area contributed by atoms with E-state index in [1.54, 1.807) is 36.4 Å². The molecule has 2 atom stereocenters. The van der Waals surface area contributed by atoms with Crippen molar-refractivity contribution in [1.29, 1.82) is 0 Å². The van der Waals surface area contributed by atoms with Crippen molar-refractivity contribution in [2.45, 2.75) is 25.2 Å². The topological polar surface area (TPSA) is 95.9 Å². The number of hydrogen-bond acceptors (Lipinski definition) is 4. The second-order valence-electron chi connectivity index (χ2n) is 5.29. The minimum absolute atomic E-state index is 0.0634. The molecule has 0 radical (unpaired) electrons. The largest absolute Gasteiger partial charge is 0.479 e. The smallest absolute Gasteiger partial charge is 0.407 e. The zero-order valence-electron chi connectivity index (χ0n) is 13.0. The molecule has 0 spiro atoms. The fraction of sp³-hybridized carbons (Fsp3) is 0.222. The normalized spacial score (nSPS) is 12.9. The van der Waals surface area contributed by atoms with Gasteiger partial charge in [-0.3, -0.25) is 0 Å². The molecule has 6 heteroatoms. The molecule has 24 heavy (non-hydrogen) atoms. The van der Waals surface area contributed by atoms with E-state index in [0.29, 0.717) is 0 Å². The maximum absolute atomic E-state index is 11.9. The molecule has 0 aliphatic heterocycles. The first-order chi connectivity index (χ1) is 11.6. The molecule has 0 aliphatic carbocycles. The van der Waals surface area contributed by atoms with Gasteiger partial charge in [0.2, 0.25) is 0 Å². The number of aliphatic carboxylic acids is 1. The Hall–Kier alpha value is -2.86. The standard InChI is InChI=1S/C18H19NO5/c20-16(17(21)22)15(11-13-7-3-1-4-8-13)19-18(23)24-12-14-9-5-2-6-10-14/h1-10,15-16,20H,11-12H2,(H,19,23)(H,21,22)/t15-,16-/m0/s1. The zero-order valence-corrected chi connectivity index (χ0v) is 13.0. The number of carbonyl (C=O) groups excluding carboxylic acids is 1. The lowest BCUT2D eigenvalue weighted by Crippen LogP contribution is -2.48. The van der Waals surface area contributed by atoms with Crippen LogP contribution in [0.15, 0.2) is 60.7 Å². The van der Waals surface area contributed by atoms with Crippen LogP contribution in [0.2, 0.25) is 0 Å². The molecule has 2 rings (SSSR count). The summed E-state index contributed by atoms with van der Waals surface area (Å²) in [5, 5.41) is 21.2. The SMILES string of the molecule is O=C(N[C@@H](Cc1ccccc1)[C@H](O)C(=O)O)OCc1ccccc1. The van der Waals surface area contributed by atoms with Gasteiger partial charge >= 0.3 is 12.1 Å². The number of nitrogens with one attached hydrogen (secondary N) is 1. The van der Waals surface area contributed by atoms with E-state index in [0.717, 1.165) is 11.1 Å². The molecule has 0 bridgehead atoms. The van der Waals surface area contributed by atoms with Crippen molar-refractivity contribution in [2.75, 3.05) is 0 Å². The molecule has 0 heterocycles. The summed E-state index contributed by atoms with van der Waals surface area (Å²) in [4.78, 5) is 23.0. The summed E-state index contributed by atoms with van der Waals surface area (Å²) in [7, 11) is 0. The van der Waals surface area contributed by atoms with Gasteiger partial charge in [0.05, 0.1) is 6.04 Å². The fourth-order valence-corrected chi connectivity index (χ4v) is 2.20. The van der Waals surface area contributed by atoms with Crippen molar-refractivity contribution in [1.82, 2.24) is 5.32 Å². The van der Waals surface area contributed by atoms with E-state index < -0.39 is 24.2 Å². The third-order valence-corrected chi connectivity index (χ3v) is 3.45. The van der Waals surface area contributed by atoms with Crippen LogP contribution in [-0.4, -0.2) is 34.4 Å². The molecule has 2 aromatic carbocycles. The number of carboxylic acids is 1. The van der Waals surface area contributed by atoms with E-state index in [-0.39, 0.29) is 13.0 Å². The van der Waals surface area contributed by atoms with Crippen molar-refractivity contribution in [3.8, 4) is 0 Å². The second kappa shape index (κ2) is 8.69. The number of alkyl carbamates (subject to hydrolysis) is 1. The van der Waals surface area contributed by atoms with Crippen molar-refractivity contribution in [3.63, 3.8) is 0 Å². The van der Waals surface area contributed by atoms with Gasteiger partial charge in [-0.05, 0) is 17.5 Å². The fourth-order valence-electron chi connectivity index (χ4n) is 2.20. The number of aliphatic hydroxyl groups is 1. The molecular weight excluding hydrogens is 310 g/mol. The average Bonchev–Trinajstić information content (AvgIpc) is 2.60. The average molecular weight is 329 g/mol. The van der Waals surface area contributed by atoms with E-state index in [1.165, 1.54) is 0 Å². The second-order valence-corrected chi connectivity index (χ2v) is 5.29. The van der Waals surface area contributed by atoms with Crippen LogP contribution in [0.1, 0.15) is 11.1 Å². The maximum Gasteiger partial charge on any atom is 0.407 e. The Morgan fingerprint density at radius 2 is 1.50 bits per heavy atom. The number of carboxylic acid groups (broad SMARTS) is 1. The van der Waals surface area contributed by atoms with Crippen LogP contribution < -0.4 is 5.32 Å². The summed E-state index contributed by atoms with van der Waals surface area (Å²) in [6.45, 7) is 0.0634. The number of rotatable bonds is 7. The van der Waals surface area contributed by atoms with Crippen LogP contribution in [0, 0.1) is 0 Å². The number of benzene rings is 2. The predicted molar refractivity (Wildman–Crippen MR) is 87.3 cm³/mol. The predicted octanol–water partition coefficient (Wildman–Crippen LogP) is 1.97. The highest BCUT2D eigenvalue weighted by molar-refractivity contribution is 5.75. The summed E-state index contributed by atoms with van der Waals surface area (Å²) in [5.41, 5.74) is 1.61. The molecule has 0 saturated carbocycles. The summed E-state index contributed by atoms with van der Waals surface area (Å²) >= 11 is 0. The third-order valence-electron chi connectivity index (χ3n) is 3.45. The summed E-state index contributed by atoms with van der Waals surface area (Å²) in [6.07, 6.45) is -2.33. The highest BCUT2D eigenvalue weighted by atomic mass is 16.5. The number of ether oxygens (including phenoxy) is 1. The van der Waals surface area contributed by atoms with Crippen LogP contribution >= 0.6 is 0 Å². The summed E-state index contributed by atoms with van der Waals surface area (Å²) in [6, 6.07) is 17.1. The maximum atomic E-state index is 11.9. The van der Waals surface area contributed by atoms with Crippen molar-refractivity contribution in [3.05, 3.63) is 71.8 Å². The molecule has 0 fully saturated rings. The van der Waals surface area contributed by atoms with Crippen LogP contribution in [0.3, 0.4) is 0 Å². The lowest BCUT2D eigenvalue weighted by atomic mass is 10.0. The highest BCUT2D eigenvalue weighted by Gasteiger charge is 2.28. The molecule has 3 N–H and O–H groups in total. The molecule has 6 nitrogen and oxygen atoms in total. The summed E-state index contributed by atoms with van der Waals surface area (Å²) < 4.78 is 5.07. The van der Waals surface area contributed by atoms with E-state index in [4.69, 9.17) is 9.84 Å². The monoisotopic (exact) mass is 329 g/mol. The van der Waals surface area contributed by atoms with E-state index >= 15 is 0 Å². The van der Waals surface area contributed by atoms with E-state index in [9.17, 15) is 14.7 Å². The van der Waals surface area contributed by atoms with Gasteiger partial charge in [-0.15, -0.1) is 0 Å². The number of carbonyl (C=O) groups is 2. The molecule has 0 unspecified atom stereocenters. The van der Waals surface area contributed by atoms with Crippen LogP contribution in [0.4, 0.5) is 4.79 Å². The molecule has 126 valence electrons. The van der Waals surface area contributed by atoms with Gasteiger partial charge in [0.1, 0.15) is 6.61 Å². The van der Waals surface area contributed by atoms with Crippen LogP contribution in [-0.2, 0) is 22.6 Å². The quantitative estimate of drug-likeness (QED) is 0.722. The van der Waals surface area contributed by atoms with Crippen LogP contribution in [0.5, 0.6) is 0 Å².